The van der Waals surface area contributed by atoms with Crippen LogP contribution in [0, 0.1) is 6.92 Å². The number of rotatable bonds is 7. The summed E-state index contributed by atoms with van der Waals surface area (Å²) in [5.41, 5.74) is 0.744. The molecule has 33 heavy (non-hydrogen) atoms. The second-order valence-electron chi connectivity index (χ2n) is 7.58. The molecule has 3 aromatic rings. The number of para-hydroxylation sites is 1. The van der Waals surface area contributed by atoms with Crippen molar-refractivity contribution >= 4 is 27.5 Å². The van der Waals surface area contributed by atoms with E-state index < -0.39 is 10.0 Å². The smallest absolute Gasteiger partial charge is 0.274 e. The topological polar surface area (TPSA) is 103 Å². The van der Waals surface area contributed by atoms with Crippen LogP contribution in [0.25, 0.3) is 0 Å². The molecule has 176 valence electrons. The molecule has 0 bridgehead atoms. The molecular formula is C21H25ClN6O4S. The summed E-state index contributed by atoms with van der Waals surface area (Å²) >= 11 is 6.08. The summed E-state index contributed by atoms with van der Waals surface area (Å²) in [5.74, 6) is 0.276. The summed E-state index contributed by atoms with van der Waals surface area (Å²) in [6.45, 7) is 5.26. The molecule has 1 fully saturated rings. The number of piperazine rings is 1. The number of aromatic nitrogens is 4. The number of amides is 1. The van der Waals surface area contributed by atoms with Gasteiger partial charge in [0.05, 0.1) is 10.7 Å². The van der Waals surface area contributed by atoms with E-state index in [0.717, 1.165) is 0 Å². The predicted molar refractivity (Wildman–Crippen MR) is 122 cm³/mol. The van der Waals surface area contributed by atoms with E-state index in [1.54, 1.807) is 47.1 Å². The lowest BCUT2D eigenvalue weighted by Crippen LogP contribution is -2.50. The summed E-state index contributed by atoms with van der Waals surface area (Å²) in [7, 11) is -3.66. The minimum Gasteiger partial charge on any atom is -0.470 e. The molecule has 4 rings (SSSR count). The highest BCUT2D eigenvalue weighted by molar-refractivity contribution is 7.89. The van der Waals surface area contributed by atoms with Gasteiger partial charge < -0.3 is 9.64 Å². The van der Waals surface area contributed by atoms with Gasteiger partial charge >= 0.3 is 0 Å². The fraction of sp³-hybridized carbons (Fsp3) is 0.381. The van der Waals surface area contributed by atoms with E-state index in [1.165, 1.54) is 8.99 Å². The van der Waals surface area contributed by atoms with Gasteiger partial charge in [0.1, 0.15) is 10.6 Å². The Morgan fingerprint density at radius 1 is 1.09 bits per heavy atom. The van der Waals surface area contributed by atoms with Crippen molar-refractivity contribution in [2.75, 3.05) is 26.2 Å². The number of sulfonamides is 1. The summed E-state index contributed by atoms with van der Waals surface area (Å²) in [6, 6.07) is 8.72. The maximum Gasteiger partial charge on any atom is 0.274 e. The Morgan fingerprint density at radius 3 is 2.48 bits per heavy atom. The lowest BCUT2D eigenvalue weighted by molar-refractivity contribution is 0.0690. The van der Waals surface area contributed by atoms with E-state index >= 15 is 0 Å². The van der Waals surface area contributed by atoms with Crippen molar-refractivity contribution in [2.45, 2.75) is 32.0 Å². The first-order chi connectivity index (χ1) is 15.8. The standard InChI is InChI=1S/C21H25ClN6O4S/c1-3-26-14-20(16(2)23-26)33(30,31)28-12-10-25(11-13-28)21(29)18-8-9-27(24-18)15-32-19-7-5-4-6-17(19)22/h4-9,14H,3,10-13,15H2,1-2H3. The molecule has 12 heteroatoms. The SMILES string of the molecule is CCn1cc(S(=O)(=O)N2CCN(C(=O)c3ccn(COc4ccccc4Cl)n3)CC2)c(C)n1. The number of carbonyl (C=O) groups excluding carboxylic acids is 1. The lowest BCUT2D eigenvalue weighted by Gasteiger charge is -2.33. The van der Waals surface area contributed by atoms with Crippen LogP contribution in [0.4, 0.5) is 0 Å². The van der Waals surface area contributed by atoms with Gasteiger partial charge in [-0.2, -0.15) is 14.5 Å². The summed E-state index contributed by atoms with van der Waals surface area (Å²) < 4.78 is 36.2. The van der Waals surface area contributed by atoms with Crippen molar-refractivity contribution in [1.82, 2.24) is 28.8 Å². The molecule has 0 saturated carbocycles. The molecule has 0 radical (unpaired) electrons. The van der Waals surface area contributed by atoms with Crippen molar-refractivity contribution in [3.8, 4) is 5.75 Å². The summed E-state index contributed by atoms with van der Waals surface area (Å²) in [4.78, 5) is 14.7. The van der Waals surface area contributed by atoms with Crippen molar-refractivity contribution in [2.24, 2.45) is 0 Å². The first-order valence-corrected chi connectivity index (χ1v) is 12.4. The zero-order valence-corrected chi connectivity index (χ0v) is 20.0. The average Bonchev–Trinajstić information content (AvgIpc) is 3.45. The van der Waals surface area contributed by atoms with Crippen LogP contribution in [0.1, 0.15) is 23.1 Å². The molecule has 1 aliphatic rings. The number of nitrogens with zero attached hydrogens (tertiary/aromatic N) is 6. The predicted octanol–water partition coefficient (Wildman–Crippen LogP) is 2.24. The zero-order valence-electron chi connectivity index (χ0n) is 18.4. The van der Waals surface area contributed by atoms with Crippen LogP contribution in [0.5, 0.6) is 5.75 Å². The van der Waals surface area contributed by atoms with Crippen molar-refractivity contribution in [3.63, 3.8) is 0 Å². The highest BCUT2D eigenvalue weighted by Crippen LogP contribution is 2.23. The van der Waals surface area contributed by atoms with Crippen LogP contribution in [0.15, 0.2) is 47.6 Å². The van der Waals surface area contributed by atoms with Crippen molar-refractivity contribution in [3.05, 3.63) is 59.1 Å². The van der Waals surface area contributed by atoms with Crippen molar-refractivity contribution in [1.29, 1.82) is 0 Å². The number of aryl methyl sites for hydroxylation is 2. The van der Waals surface area contributed by atoms with Gasteiger partial charge in [-0.1, -0.05) is 23.7 Å². The average molecular weight is 493 g/mol. The molecule has 0 N–H and O–H groups in total. The minimum absolute atomic E-state index is 0.105. The Bertz CT molecular complexity index is 1250. The summed E-state index contributed by atoms with van der Waals surface area (Å²) in [5, 5.41) is 9.01. The quantitative estimate of drug-likeness (QED) is 0.501. The van der Waals surface area contributed by atoms with Gasteiger partial charge in [-0.05, 0) is 32.0 Å². The van der Waals surface area contributed by atoms with Gasteiger partial charge in [0.25, 0.3) is 5.91 Å². The summed E-state index contributed by atoms with van der Waals surface area (Å²) in [6.07, 6.45) is 3.21. The first-order valence-electron chi connectivity index (χ1n) is 10.5. The van der Waals surface area contributed by atoms with E-state index in [0.29, 0.717) is 23.0 Å². The third kappa shape index (κ3) is 4.90. The highest BCUT2D eigenvalue weighted by atomic mass is 35.5. The molecule has 1 saturated heterocycles. The van der Waals surface area contributed by atoms with Crippen LogP contribution in [0.2, 0.25) is 5.02 Å². The lowest BCUT2D eigenvalue weighted by atomic mass is 10.3. The van der Waals surface area contributed by atoms with E-state index in [1.807, 2.05) is 19.1 Å². The molecule has 0 spiro atoms. The fourth-order valence-electron chi connectivity index (χ4n) is 3.59. The molecule has 0 atom stereocenters. The number of benzene rings is 1. The number of carbonyl (C=O) groups is 1. The Kier molecular flexibility index (Phi) is 6.73. The van der Waals surface area contributed by atoms with Gasteiger partial charge in [-0.25, -0.2) is 13.1 Å². The monoisotopic (exact) mass is 492 g/mol. The van der Waals surface area contributed by atoms with E-state index in [4.69, 9.17) is 16.3 Å². The van der Waals surface area contributed by atoms with Crippen LogP contribution >= 0.6 is 11.6 Å². The molecular weight excluding hydrogens is 468 g/mol. The third-order valence-corrected chi connectivity index (χ3v) is 7.73. The zero-order chi connectivity index (χ0) is 23.6. The highest BCUT2D eigenvalue weighted by Gasteiger charge is 2.33. The Labute approximate surface area is 197 Å². The van der Waals surface area contributed by atoms with Gasteiger partial charge in [0.15, 0.2) is 12.4 Å². The molecule has 1 aliphatic heterocycles. The largest absolute Gasteiger partial charge is 0.470 e. The Hall–Kier alpha value is -2.89. The molecule has 0 unspecified atom stereocenters. The number of ether oxygens (including phenoxy) is 1. The fourth-order valence-corrected chi connectivity index (χ4v) is 5.37. The first kappa shape index (κ1) is 23.3. The van der Waals surface area contributed by atoms with E-state index in [9.17, 15) is 13.2 Å². The molecule has 1 amide bonds. The van der Waals surface area contributed by atoms with E-state index in [-0.39, 0.29) is 49.4 Å². The minimum atomic E-state index is -3.66. The molecule has 1 aromatic carbocycles. The van der Waals surface area contributed by atoms with Crippen LogP contribution in [-0.4, -0.2) is 69.3 Å². The second kappa shape index (κ2) is 9.54. The Balaban J connectivity index is 1.36. The van der Waals surface area contributed by atoms with E-state index in [2.05, 4.69) is 10.2 Å². The van der Waals surface area contributed by atoms with Crippen LogP contribution in [0.3, 0.4) is 0 Å². The van der Waals surface area contributed by atoms with Gasteiger partial charge in [-0.15, -0.1) is 0 Å². The second-order valence-corrected chi connectivity index (χ2v) is 9.89. The normalized spacial score (nSPS) is 15.1. The molecule has 0 aliphatic carbocycles. The molecule has 10 nitrogen and oxygen atoms in total. The number of halogens is 1. The van der Waals surface area contributed by atoms with Gasteiger partial charge in [0, 0.05) is 45.1 Å². The number of hydrogen-bond donors (Lipinski definition) is 0. The van der Waals surface area contributed by atoms with Gasteiger partial charge in [-0.3, -0.25) is 9.48 Å². The molecule has 3 heterocycles. The van der Waals surface area contributed by atoms with Crippen molar-refractivity contribution < 1.29 is 17.9 Å². The maximum absolute atomic E-state index is 13.0. The third-order valence-electron chi connectivity index (χ3n) is 5.42. The van der Waals surface area contributed by atoms with Gasteiger partial charge in [0.2, 0.25) is 10.0 Å². The molecule has 2 aromatic heterocycles. The van der Waals surface area contributed by atoms with Crippen LogP contribution < -0.4 is 4.74 Å². The Morgan fingerprint density at radius 2 is 1.82 bits per heavy atom. The van der Waals surface area contributed by atoms with Crippen LogP contribution in [-0.2, 0) is 23.3 Å². The number of hydrogen-bond acceptors (Lipinski definition) is 6. The maximum atomic E-state index is 13.0.